The third-order valence-electron chi connectivity index (χ3n) is 2.95. The number of esters is 1. The number of hydrogen-bond donors (Lipinski definition) is 1. The number of nitrogens with zero attached hydrogens (tertiary/aromatic N) is 1. The second-order valence-electron chi connectivity index (χ2n) is 4.49. The number of halogens is 3. The zero-order chi connectivity index (χ0) is 16.3. The number of alkyl halides is 3. The summed E-state index contributed by atoms with van der Waals surface area (Å²) in [6, 6.07) is 4.49. The van der Waals surface area contributed by atoms with Crippen LogP contribution < -0.4 is 5.32 Å². The lowest BCUT2D eigenvalue weighted by Crippen LogP contribution is -2.09. The van der Waals surface area contributed by atoms with Crippen molar-refractivity contribution in [1.29, 1.82) is 0 Å². The Balaban J connectivity index is 2.04. The molecule has 8 heteroatoms. The molecule has 0 fully saturated rings. The van der Waals surface area contributed by atoms with Crippen molar-refractivity contribution in [1.82, 2.24) is 4.37 Å². The number of benzene rings is 1. The molecular weight excluding hydrogens is 317 g/mol. The van der Waals surface area contributed by atoms with Crippen LogP contribution in [-0.4, -0.2) is 17.4 Å². The standard InChI is InChI=1S/C14H13F3N2O2S/c1-8-11(12(18-2)22-19-8)13(20)21-7-9-3-5-10(6-4-9)14(15,16)17/h3-6,18H,7H2,1-2H3. The summed E-state index contributed by atoms with van der Waals surface area (Å²) in [6.45, 7) is 1.58. The van der Waals surface area contributed by atoms with Gasteiger partial charge in [0.2, 0.25) is 0 Å². The Morgan fingerprint density at radius 3 is 2.50 bits per heavy atom. The van der Waals surface area contributed by atoms with Crippen molar-refractivity contribution in [3.63, 3.8) is 0 Å². The van der Waals surface area contributed by atoms with E-state index >= 15 is 0 Å². The number of ether oxygens (including phenoxy) is 1. The van der Waals surface area contributed by atoms with E-state index in [-0.39, 0.29) is 6.61 Å². The van der Waals surface area contributed by atoms with Crippen LogP contribution in [0.5, 0.6) is 0 Å². The van der Waals surface area contributed by atoms with E-state index in [9.17, 15) is 18.0 Å². The molecule has 2 rings (SSSR count). The Bertz CT molecular complexity index is 666. The molecule has 0 bridgehead atoms. The van der Waals surface area contributed by atoms with E-state index < -0.39 is 17.7 Å². The molecule has 0 spiro atoms. The molecule has 0 aliphatic carbocycles. The fourth-order valence-electron chi connectivity index (χ4n) is 1.79. The highest BCUT2D eigenvalue weighted by Crippen LogP contribution is 2.29. The molecule has 118 valence electrons. The first-order chi connectivity index (χ1) is 10.3. The summed E-state index contributed by atoms with van der Waals surface area (Å²) < 4.78 is 46.5. The molecule has 1 N–H and O–H groups in total. The van der Waals surface area contributed by atoms with Crippen LogP contribution in [0.4, 0.5) is 18.2 Å². The number of nitrogens with one attached hydrogen (secondary N) is 1. The number of carbonyl (C=O) groups excluding carboxylic acids is 1. The maximum Gasteiger partial charge on any atom is 0.416 e. The van der Waals surface area contributed by atoms with E-state index in [4.69, 9.17) is 4.74 Å². The first-order valence-corrected chi connectivity index (χ1v) is 7.07. The van der Waals surface area contributed by atoms with Gasteiger partial charge in [-0.1, -0.05) is 12.1 Å². The average molecular weight is 330 g/mol. The third kappa shape index (κ3) is 3.56. The average Bonchev–Trinajstić information content (AvgIpc) is 2.85. The normalized spacial score (nSPS) is 11.3. The van der Waals surface area contributed by atoms with Crippen LogP contribution in [0.25, 0.3) is 0 Å². The number of aromatic nitrogens is 1. The molecule has 1 heterocycles. The van der Waals surface area contributed by atoms with Gasteiger partial charge in [-0.15, -0.1) is 0 Å². The molecule has 4 nitrogen and oxygen atoms in total. The van der Waals surface area contributed by atoms with E-state index in [1.165, 1.54) is 12.1 Å². The molecule has 0 unspecified atom stereocenters. The van der Waals surface area contributed by atoms with Gasteiger partial charge in [-0.3, -0.25) is 0 Å². The first kappa shape index (κ1) is 16.3. The fraction of sp³-hybridized carbons (Fsp3) is 0.286. The van der Waals surface area contributed by atoms with Gasteiger partial charge in [0.05, 0.1) is 11.3 Å². The summed E-state index contributed by atoms with van der Waals surface area (Å²) in [5, 5.41) is 3.44. The Labute approximate surface area is 129 Å². The predicted molar refractivity (Wildman–Crippen MR) is 77.0 cm³/mol. The zero-order valence-electron chi connectivity index (χ0n) is 11.8. The lowest BCUT2D eigenvalue weighted by molar-refractivity contribution is -0.137. The summed E-state index contributed by atoms with van der Waals surface area (Å²) in [5.74, 6) is -0.560. The van der Waals surface area contributed by atoms with E-state index in [1.807, 2.05) is 0 Å². The second-order valence-corrected chi connectivity index (χ2v) is 5.27. The molecule has 0 saturated heterocycles. The van der Waals surface area contributed by atoms with Crippen molar-refractivity contribution in [2.75, 3.05) is 12.4 Å². The zero-order valence-corrected chi connectivity index (χ0v) is 12.6. The van der Waals surface area contributed by atoms with Crippen molar-refractivity contribution in [2.45, 2.75) is 19.7 Å². The summed E-state index contributed by atoms with van der Waals surface area (Å²) in [5.41, 5.74) is 0.636. The minimum absolute atomic E-state index is 0.102. The van der Waals surface area contributed by atoms with Gasteiger partial charge in [-0.2, -0.15) is 17.5 Å². The number of aryl methyl sites for hydroxylation is 1. The maximum absolute atomic E-state index is 12.4. The van der Waals surface area contributed by atoms with Gasteiger partial charge in [0, 0.05) is 7.05 Å². The minimum atomic E-state index is -4.38. The molecule has 2 aromatic rings. The van der Waals surface area contributed by atoms with E-state index in [2.05, 4.69) is 9.69 Å². The van der Waals surface area contributed by atoms with Gasteiger partial charge in [0.15, 0.2) is 0 Å². The predicted octanol–water partition coefficient (Wildman–Crippen LogP) is 3.87. The van der Waals surface area contributed by atoms with Crippen molar-refractivity contribution in [3.05, 3.63) is 46.6 Å². The van der Waals surface area contributed by atoms with Crippen LogP contribution in [0.3, 0.4) is 0 Å². The summed E-state index contributed by atoms with van der Waals surface area (Å²) in [4.78, 5) is 12.0. The van der Waals surface area contributed by atoms with E-state index in [1.54, 1.807) is 14.0 Å². The summed E-state index contributed by atoms with van der Waals surface area (Å²) >= 11 is 1.14. The second kappa shape index (κ2) is 6.35. The van der Waals surface area contributed by atoms with E-state index in [0.717, 1.165) is 23.7 Å². The Morgan fingerprint density at radius 1 is 1.32 bits per heavy atom. The lowest BCUT2D eigenvalue weighted by atomic mass is 10.1. The van der Waals surface area contributed by atoms with Gasteiger partial charge in [0.25, 0.3) is 0 Å². The highest BCUT2D eigenvalue weighted by Gasteiger charge is 2.30. The summed E-state index contributed by atoms with van der Waals surface area (Å²) in [6.07, 6.45) is -4.38. The van der Waals surface area contributed by atoms with Gasteiger partial charge in [-0.05, 0) is 36.2 Å². The topological polar surface area (TPSA) is 51.2 Å². The van der Waals surface area contributed by atoms with Crippen molar-refractivity contribution in [3.8, 4) is 0 Å². The van der Waals surface area contributed by atoms with Crippen LogP contribution in [0.15, 0.2) is 24.3 Å². The fourth-order valence-corrected chi connectivity index (χ4v) is 2.52. The maximum atomic E-state index is 12.4. The SMILES string of the molecule is CNc1snc(C)c1C(=O)OCc1ccc(C(F)(F)F)cc1. The molecule has 0 saturated carbocycles. The quantitative estimate of drug-likeness (QED) is 0.865. The molecule has 1 aromatic heterocycles. The molecule has 0 amide bonds. The Kier molecular flexibility index (Phi) is 4.70. The van der Waals surface area contributed by atoms with Gasteiger partial charge >= 0.3 is 12.1 Å². The lowest BCUT2D eigenvalue weighted by Gasteiger charge is -2.09. The van der Waals surface area contributed by atoms with Crippen molar-refractivity contribution in [2.24, 2.45) is 0 Å². The first-order valence-electron chi connectivity index (χ1n) is 6.30. The Morgan fingerprint density at radius 2 is 1.95 bits per heavy atom. The number of carbonyl (C=O) groups is 1. The van der Waals surface area contributed by atoms with Gasteiger partial charge in [-0.25, -0.2) is 4.79 Å². The molecule has 0 aliphatic rings. The number of rotatable bonds is 4. The molecule has 0 atom stereocenters. The third-order valence-corrected chi connectivity index (χ3v) is 3.90. The van der Waals surface area contributed by atoms with Crippen LogP contribution in [0.1, 0.15) is 27.2 Å². The smallest absolute Gasteiger partial charge is 0.416 e. The number of anilines is 1. The van der Waals surface area contributed by atoms with E-state index in [0.29, 0.717) is 21.8 Å². The minimum Gasteiger partial charge on any atom is -0.457 e. The van der Waals surface area contributed by atoms with Crippen molar-refractivity contribution < 1.29 is 22.7 Å². The summed E-state index contributed by atoms with van der Waals surface area (Å²) in [7, 11) is 1.67. The van der Waals surface area contributed by atoms with Crippen LogP contribution in [0.2, 0.25) is 0 Å². The molecule has 0 aliphatic heterocycles. The number of hydrogen-bond acceptors (Lipinski definition) is 5. The Hall–Kier alpha value is -2.09. The molecule has 0 radical (unpaired) electrons. The van der Waals surface area contributed by atoms with Gasteiger partial charge < -0.3 is 10.1 Å². The monoisotopic (exact) mass is 330 g/mol. The van der Waals surface area contributed by atoms with Crippen LogP contribution in [0, 0.1) is 6.92 Å². The highest BCUT2D eigenvalue weighted by atomic mass is 32.1. The molecule has 1 aromatic carbocycles. The molecule has 22 heavy (non-hydrogen) atoms. The largest absolute Gasteiger partial charge is 0.457 e. The van der Waals surface area contributed by atoms with Crippen LogP contribution in [-0.2, 0) is 17.5 Å². The van der Waals surface area contributed by atoms with Crippen molar-refractivity contribution >= 4 is 22.5 Å². The highest BCUT2D eigenvalue weighted by molar-refractivity contribution is 7.10. The molecular formula is C14H13F3N2O2S. The van der Waals surface area contributed by atoms with Crippen LogP contribution >= 0.6 is 11.5 Å². The van der Waals surface area contributed by atoms with Gasteiger partial charge in [0.1, 0.15) is 17.2 Å².